The van der Waals surface area contributed by atoms with Gasteiger partial charge in [0.2, 0.25) is 0 Å². The van der Waals surface area contributed by atoms with E-state index in [1.54, 1.807) is 35.9 Å². The normalized spacial score (nSPS) is 10.4. The van der Waals surface area contributed by atoms with Crippen molar-refractivity contribution in [3.05, 3.63) is 87.2 Å². The number of nitriles is 1. The number of hydrogen-bond donors (Lipinski definition) is 0. The molecule has 0 amide bonds. The molecule has 1 heterocycles. The standard InChI is InChI=1S/C21H18ClN3O2/c1-14-3-5-17(6-4-14)12-25-20(22)19(15(2)24-25)21(26)27-13-18-9-7-16(11-23)8-10-18/h3-10H,12-13H2,1-2H3. The highest BCUT2D eigenvalue weighted by Gasteiger charge is 2.21. The summed E-state index contributed by atoms with van der Waals surface area (Å²) in [4.78, 5) is 12.5. The second-order valence-corrected chi connectivity index (χ2v) is 6.64. The van der Waals surface area contributed by atoms with E-state index in [0.717, 1.165) is 11.1 Å². The van der Waals surface area contributed by atoms with Crippen molar-refractivity contribution in [2.45, 2.75) is 27.0 Å². The number of ether oxygens (including phenoxy) is 1. The summed E-state index contributed by atoms with van der Waals surface area (Å²) in [7, 11) is 0. The summed E-state index contributed by atoms with van der Waals surface area (Å²) in [5.74, 6) is -0.517. The molecule has 6 heteroatoms. The van der Waals surface area contributed by atoms with Crippen LogP contribution in [-0.2, 0) is 17.9 Å². The molecule has 0 aliphatic rings. The molecule has 0 atom stereocenters. The fourth-order valence-corrected chi connectivity index (χ4v) is 2.96. The number of nitrogens with zero attached hydrogens (tertiary/aromatic N) is 3. The Hall–Kier alpha value is -3.10. The minimum Gasteiger partial charge on any atom is -0.457 e. The Morgan fingerprint density at radius 1 is 1.11 bits per heavy atom. The van der Waals surface area contributed by atoms with Crippen molar-refractivity contribution in [3.63, 3.8) is 0 Å². The molecule has 0 spiro atoms. The number of esters is 1. The van der Waals surface area contributed by atoms with Crippen LogP contribution in [0.3, 0.4) is 0 Å². The molecule has 0 unspecified atom stereocenters. The highest BCUT2D eigenvalue weighted by atomic mass is 35.5. The summed E-state index contributed by atoms with van der Waals surface area (Å²) in [6.45, 7) is 4.33. The molecule has 27 heavy (non-hydrogen) atoms. The van der Waals surface area contributed by atoms with Crippen molar-refractivity contribution < 1.29 is 9.53 Å². The average Bonchev–Trinajstić information content (AvgIpc) is 2.95. The minimum absolute atomic E-state index is 0.101. The number of aryl methyl sites for hydroxylation is 2. The van der Waals surface area contributed by atoms with E-state index in [2.05, 4.69) is 5.10 Å². The van der Waals surface area contributed by atoms with Gasteiger partial charge in [-0.1, -0.05) is 53.6 Å². The van der Waals surface area contributed by atoms with Gasteiger partial charge in [-0.2, -0.15) is 10.4 Å². The third-order valence-electron chi connectivity index (χ3n) is 4.18. The van der Waals surface area contributed by atoms with E-state index in [-0.39, 0.29) is 17.3 Å². The quantitative estimate of drug-likeness (QED) is 0.615. The average molecular weight is 380 g/mol. The Balaban J connectivity index is 1.71. The van der Waals surface area contributed by atoms with Crippen molar-refractivity contribution in [1.82, 2.24) is 9.78 Å². The van der Waals surface area contributed by atoms with Gasteiger partial charge in [0.1, 0.15) is 17.3 Å². The van der Waals surface area contributed by atoms with E-state index in [4.69, 9.17) is 21.6 Å². The first-order valence-corrected chi connectivity index (χ1v) is 8.80. The van der Waals surface area contributed by atoms with Gasteiger partial charge in [-0.05, 0) is 37.1 Å². The number of benzene rings is 2. The number of rotatable bonds is 5. The molecule has 3 aromatic rings. The molecular formula is C21H18ClN3O2. The molecule has 0 fully saturated rings. The first-order chi connectivity index (χ1) is 13.0. The van der Waals surface area contributed by atoms with Crippen LogP contribution in [0, 0.1) is 25.2 Å². The van der Waals surface area contributed by atoms with Gasteiger partial charge >= 0.3 is 5.97 Å². The lowest BCUT2D eigenvalue weighted by atomic mass is 10.1. The third kappa shape index (κ3) is 4.36. The highest BCUT2D eigenvalue weighted by Crippen LogP contribution is 2.22. The number of carbonyl (C=O) groups is 1. The molecule has 1 aromatic heterocycles. The first-order valence-electron chi connectivity index (χ1n) is 8.42. The smallest absolute Gasteiger partial charge is 0.343 e. The zero-order valence-corrected chi connectivity index (χ0v) is 15.8. The predicted molar refractivity (Wildman–Crippen MR) is 103 cm³/mol. The Bertz CT molecular complexity index is 1000. The Labute approximate surface area is 162 Å². The largest absolute Gasteiger partial charge is 0.457 e. The fraction of sp³-hybridized carbons (Fsp3) is 0.190. The summed E-state index contributed by atoms with van der Waals surface area (Å²) >= 11 is 6.39. The van der Waals surface area contributed by atoms with Crippen molar-refractivity contribution >= 4 is 17.6 Å². The van der Waals surface area contributed by atoms with Gasteiger partial charge in [0.25, 0.3) is 0 Å². The highest BCUT2D eigenvalue weighted by molar-refractivity contribution is 6.32. The van der Waals surface area contributed by atoms with Crippen LogP contribution >= 0.6 is 11.6 Å². The number of carbonyl (C=O) groups excluding carboxylic acids is 1. The van der Waals surface area contributed by atoms with Crippen LogP contribution in [0.25, 0.3) is 0 Å². The molecule has 0 bridgehead atoms. The van der Waals surface area contributed by atoms with Crippen LogP contribution in [0.1, 0.15) is 38.3 Å². The maximum atomic E-state index is 12.5. The van der Waals surface area contributed by atoms with Crippen LogP contribution in [0.2, 0.25) is 5.15 Å². The molecule has 0 aliphatic heterocycles. The van der Waals surface area contributed by atoms with Crippen LogP contribution in [0.4, 0.5) is 0 Å². The van der Waals surface area contributed by atoms with E-state index in [9.17, 15) is 4.79 Å². The summed E-state index contributed by atoms with van der Waals surface area (Å²) in [5.41, 5.74) is 4.37. The van der Waals surface area contributed by atoms with Gasteiger partial charge in [0, 0.05) is 0 Å². The molecule has 0 radical (unpaired) electrons. The lowest BCUT2D eigenvalue weighted by Crippen LogP contribution is -2.07. The fourth-order valence-electron chi connectivity index (χ4n) is 2.65. The summed E-state index contributed by atoms with van der Waals surface area (Å²) < 4.78 is 6.97. The molecule has 0 aliphatic carbocycles. The zero-order chi connectivity index (χ0) is 19.4. The molecule has 0 N–H and O–H groups in total. The lowest BCUT2D eigenvalue weighted by molar-refractivity contribution is 0.0472. The van der Waals surface area contributed by atoms with Crippen molar-refractivity contribution in [3.8, 4) is 6.07 Å². The second-order valence-electron chi connectivity index (χ2n) is 6.28. The summed E-state index contributed by atoms with van der Waals surface area (Å²) in [6, 6.07) is 17.0. The molecule has 5 nitrogen and oxygen atoms in total. The van der Waals surface area contributed by atoms with E-state index >= 15 is 0 Å². The maximum absolute atomic E-state index is 12.5. The Morgan fingerprint density at radius 2 is 1.74 bits per heavy atom. The summed E-state index contributed by atoms with van der Waals surface area (Å²) in [6.07, 6.45) is 0. The lowest BCUT2D eigenvalue weighted by Gasteiger charge is -2.06. The van der Waals surface area contributed by atoms with E-state index in [1.165, 1.54) is 5.56 Å². The van der Waals surface area contributed by atoms with Crippen LogP contribution < -0.4 is 0 Å². The predicted octanol–water partition coefficient (Wildman–Crippen LogP) is 4.43. The first kappa shape index (κ1) is 18.7. The molecule has 136 valence electrons. The zero-order valence-electron chi connectivity index (χ0n) is 15.1. The van der Waals surface area contributed by atoms with Crippen molar-refractivity contribution in [1.29, 1.82) is 5.26 Å². The van der Waals surface area contributed by atoms with Crippen LogP contribution in [0.15, 0.2) is 48.5 Å². The SMILES string of the molecule is Cc1ccc(Cn2nc(C)c(C(=O)OCc3ccc(C#N)cc3)c2Cl)cc1. The molecule has 0 saturated heterocycles. The van der Waals surface area contributed by atoms with Gasteiger partial charge < -0.3 is 4.74 Å². The molecular weight excluding hydrogens is 362 g/mol. The summed E-state index contributed by atoms with van der Waals surface area (Å²) in [5, 5.41) is 13.5. The molecule has 2 aromatic carbocycles. The Morgan fingerprint density at radius 3 is 2.37 bits per heavy atom. The van der Waals surface area contributed by atoms with Gasteiger partial charge in [-0.25, -0.2) is 9.48 Å². The van der Waals surface area contributed by atoms with Crippen LogP contribution in [0.5, 0.6) is 0 Å². The van der Waals surface area contributed by atoms with Crippen molar-refractivity contribution in [2.24, 2.45) is 0 Å². The number of hydrogen-bond acceptors (Lipinski definition) is 4. The minimum atomic E-state index is -0.517. The Kier molecular flexibility index (Phi) is 5.58. The van der Waals surface area contributed by atoms with Gasteiger partial charge in [-0.3, -0.25) is 0 Å². The molecule has 3 rings (SSSR count). The third-order valence-corrected chi connectivity index (χ3v) is 4.56. The topological polar surface area (TPSA) is 67.9 Å². The number of halogens is 1. The number of aromatic nitrogens is 2. The van der Waals surface area contributed by atoms with Crippen molar-refractivity contribution in [2.75, 3.05) is 0 Å². The van der Waals surface area contributed by atoms with E-state index < -0.39 is 5.97 Å². The maximum Gasteiger partial charge on any atom is 0.343 e. The van der Waals surface area contributed by atoms with Gasteiger partial charge in [0.15, 0.2) is 0 Å². The van der Waals surface area contributed by atoms with Crippen LogP contribution in [-0.4, -0.2) is 15.7 Å². The van der Waals surface area contributed by atoms with E-state index in [0.29, 0.717) is 17.8 Å². The monoisotopic (exact) mass is 379 g/mol. The van der Waals surface area contributed by atoms with E-state index in [1.807, 2.05) is 37.3 Å². The molecule has 0 saturated carbocycles. The van der Waals surface area contributed by atoms with Gasteiger partial charge in [0.05, 0.1) is 23.9 Å². The van der Waals surface area contributed by atoms with Gasteiger partial charge in [-0.15, -0.1) is 0 Å². The second kappa shape index (κ2) is 8.07.